The third kappa shape index (κ3) is 3.11. The van der Waals surface area contributed by atoms with Gasteiger partial charge in [-0.25, -0.2) is 0 Å². The van der Waals surface area contributed by atoms with E-state index in [1.165, 1.54) is 18.5 Å². The number of ether oxygens (including phenoxy) is 1. The molecule has 2 nitrogen and oxygen atoms in total. The summed E-state index contributed by atoms with van der Waals surface area (Å²) in [5.74, 6) is 1.15. The standard InChI is InChI=1S/C14H19Cl2NO/c1-18-10-11-5-7-17(8-6-11)14-4-2-3-13(16)12(14)9-15/h2-4,11H,5-10H2,1H3. The molecule has 100 valence electrons. The van der Waals surface area contributed by atoms with Crippen molar-refractivity contribution in [2.45, 2.75) is 18.7 Å². The van der Waals surface area contributed by atoms with Crippen molar-refractivity contribution in [3.8, 4) is 0 Å². The Morgan fingerprint density at radius 2 is 2.06 bits per heavy atom. The molecule has 1 aromatic rings. The highest BCUT2D eigenvalue weighted by Gasteiger charge is 2.21. The molecule has 0 spiro atoms. The van der Waals surface area contributed by atoms with Gasteiger partial charge in [-0.15, -0.1) is 11.6 Å². The SMILES string of the molecule is COCC1CCN(c2cccc(Cl)c2CCl)CC1. The number of hydrogen-bond donors (Lipinski definition) is 0. The molecule has 0 bridgehead atoms. The largest absolute Gasteiger partial charge is 0.384 e. The first kappa shape index (κ1) is 14.0. The molecule has 1 aliphatic heterocycles. The molecule has 1 fully saturated rings. The van der Waals surface area contributed by atoms with Crippen LogP contribution in [0.2, 0.25) is 5.02 Å². The number of hydrogen-bond acceptors (Lipinski definition) is 2. The van der Waals surface area contributed by atoms with Gasteiger partial charge in [0, 0.05) is 43.1 Å². The Hall–Kier alpha value is -0.440. The van der Waals surface area contributed by atoms with Crippen molar-refractivity contribution < 1.29 is 4.74 Å². The second kappa shape index (κ2) is 6.65. The molecule has 0 amide bonds. The second-order valence-electron chi connectivity index (χ2n) is 4.76. The number of methoxy groups -OCH3 is 1. The average Bonchev–Trinajstić information content (AvgIpc) is 2.40. The Balaban J connectivity index is 2.07. The summed E-state index contributed by atoms with van der Waals surface area (Å²) in [5.41, 5.74) is 2.24. The summed E-state index contributed by atoms with van der Waals surface area (Å²) in [7, 11) is 1.77. The first-order valence-electron chi connectivity index (χ1n) is 6.33. The van der Waals surface area contributed by atoms with Gasteiger partial charge in [0.1, 0.15) is 0 Å². The third-order valence-corrected chi connectivity index (χ3v) is 4.21. The van der Waals surface area contributed by atoms with E-state index >= 15 is 0 Å². The molecule has 4 heteroatoms. The van der Waals surface area contributed by atoms with Gasteiger partial charge in [0.25, 0.3) is 0 Å². The monoisotopic (exact) mass is 287 g/mol. The minimum atomic E-state index is 0.465. The maximum absolute atomic E-state index is 6.20. The molecule has 1 saturated heterocycles. The first-order chi connectivity index (χ1) is 8.76. The molecule has 1 aromatic carbocycles. The maximum Gasteiger partial charge on any atom is 0.0509 e. The predicted molar refractivity (Wildman–Crippen MR) is 77.8 cm³/mol. The minimum absolute atomic E-state index is 0.465. The van der Waals surface area contributed by atoms with Crippen molar-refractivity contribution in [3.05, 3.63) is 28.8 Å². The highest BCUT2D eigenvalue weighted by molar-refractivity contribution is 6.32. The van der Waals surface area contributed by atoms with E-state index in [2.05, 4.69) is 11.0 Å². The molecule has 0 radical (unpaired) electrons. The van der Waals surface area contributed by atoms with Crippen LogP contribution in [0.4, 0.5) is 5.69 Å². The van der Waals surface area contributed by atoms with Crippen LogP contribution in [0.25, 0.3) is 0 Å². The number of nitrogens with zero attached hydrogens (tertiary/aromatic N) is 1. The van der Waals surface area contributed by atoms with Crippen molar-refractivity contribution >= 4 is 28.9 Å². The quantitative estimate of drug-likeness (QED) is 0.778. The summed E-state index contributed by atoms with van der Waals surface area (Å²) in [6.07, 6.45) is 2.34. The smallest absolute Gasteiger partial charge is 0.0509 e. The molecule has 0 N–H and O–H groups in total. The molecule has 18 heavy (non-hydrogen) atoms. The lowest BCUT2D eigenvalue weighted by Crippen LogP contribution is -2.35. The molecule has 2 rings (SSSR count). The fourth-order valence-electron chi connectivity index (χ4n) is 2.55. The lowest BCUT2D eigenvalue weighted by Gasteiger charge is -2.34. The van der Waals surface area contributed by atoms with E-state index < -0.39 is 0 Å². The predicted octanol–water partition coefficient (Wildman–Crippen LogP) is 3.94. The second-order valence-corrected chi connectivity index (χ2v) is 5.43. The van der Waals surface area contributed by atoms with E-state index in [0.29, 0.717) is 11.8 Å². The zero-order chi connectivity index (χ0) is 13.0. The zero-order valence-electron chi connectivity index (χ0n) is 10.7. The fraction of sp³-hybridized carbons (Fsp3) is 0.571. The molecule has 0 aliphatic carbocycles. The Morgan fingerprint density at radius 3 is 2.67 bits per heavy atom. The van der Waals surface area contributed by atoms with E-state index in [1.54, 1.807) is 7.11 Å². The summed E-state index contributed by atoms with van der Waals surface area (Å²) >= 11 is 12.2. The highest BCUT2D eigenvalue weighted by Crippen LogP contribution is 2.31. The van der Waals surface area contributed by atoms with Gasteiger partial charge in [0.05, 0.1) is 5.88 Å². The lowest BCUT2D eigenvalue weighted by atomic mass is 9.97. The van der Waals surface area contributed by atoms with Crippen LogP contribution in [0, 0.1) is 5.92 Å². The van der Waals surface area contributed by atoms with Crippen LogP contribution in [0.15, 0.2) is 18.2 Å². The molecule has 0 saturated carbocycles. The van der Waals surface area contributed by atoms with E-state index in [1.807, 2.05) is 12.1 Å². The van der Waals surface area contributed by atoms with Crippen LogP contribution in [-0.2, 0) is 10.6 Å². The lowest BCUT2D eigenvalue weighted by molar-refractivity contribution is 0.139. The average molecular weight is 288 g/mol. The molecular weight excluding hydrogens is 269 g/mol. The Labute approximate surface area is 119 Å². The number of benzene rings is 1. The number of rotatable bonds is 4. The minimum Gasteiger partial charge on any atom is -0.384 e. The van der Waals surface area contributed by atoms with Crippen LogP contribution < -0.4 is 4.90 Å². The van der Waals surface area contributed by atoms with Gasteiger partial charge >= 0.3 is 0 Å². The van der Waals surface area contributed by atoms with Crippen LogP contribution >= 0.6 is 23.2 Å². The molecule has 1 aliphatic rings. The summed E-state index contributed by atoms with van der Waals surface area (Å²) in [6, 6.07) is 6.01. The summed E-state index contributed by atoms with van der Waals surface area (Å²) < 4.78 is 5.23. The molecule has 0 unspecified atom stereocenters. The van der Waals surface area contributed by atoms with Gasteiger partial charge in [-0.3, -0.25) is 0 Å². The van der Waals surface area contributed by atoms with Crippen molar-refractivity contribution in [3.63, 3.8) is 0 Å². The van der Waals surface area contributed by atoms with Gasteiger partial charge < -0.3 is 9.64 Å². The topological polar surface area (TPSA) is 12.5 Å². The normalized spacial score (nSPS) is 17.2. The van der Waals surface area contributed by atoms with Crippen molar-refractivity contribution in [2.24, 2.45) is 5.92 Å². The van der Waals surface area contributed by atoms with Gasteiger partial charge in [0.15, 0.2) is 0 Å². The Bertz CT molecular complexity index is 389. The van der Waals surface area contributed by atoms with E-state index in [9.17, 15) is 0 Å². The number of piperidine rings is 1. The van der Waals surface area contributed by atoms with Crippen LogP contribution in [0.5, 0.6) is 0 Å². The molecule has 1 heterocycles. The molecule has 0 aromatic heterocycles. The van der Waals surface area contributed by atoms with E-state index in [-0.39, 0.29) is 0 Å². The van der Waals surface area contributed by atoms with Crippen molar-refractivity contribution in [2.75, 3.05) is 31.7 Å². The van der Waals surface area contributed by atoms with Gasteiger partial charge in [-0.05, 0) is 30.9 Å². The fourth-order valence-corrected chi connectivity index (χ4v) is 3.14. The summed E-state index contributed by atoms with van der Waals surface area (Å²) in [5, 5.41) is 0.765. The third-order valence-electron chi connectivity index (χ3n) is 3.59. The number of alkyl halides is 1. The Morgan fingerprint density at radius 1 is 1.33 bits per heavy atom. The van der Waals surface area contributed by atoms with Crippen molar-refractivity contribution in [1.82, 2.24) is 0 Å². The highest BCUT2D eigenvalue weighted by atomic mass is 35.5. The Kier molecular flexibility index (Phi) is 5.16. The van der Waals surface area contributed by atoms with Gasteiger partial charge in [-0.2, -0.15) is 0 Å². The zero-order valence-corrected chi connectivity index (χ0v) is 12.2. The molecule has 0 atom stereocenters. The summed E-state index contributed by atoms with van der Waals surface area (Å²) in [6.45, 7) is 2.97. The number of anilines is 1. The maximum atomic E-state index is 6.20. The van der Waals surface area contributed by atoms with Gasteiger partial charge in [0.2, 0.25) is 0 Å². The van der Waals surface area contributed by atoms with E-state index in [4.69, 9.17) is 27.9 Å². The number of halogens is 2. The van der Waals surface area contributed by atoms with Crippen molar-refractivity contribution in [1.29, 1.82) is 0 Å². The van der Waals surface area contributed by atoms with Gasteiger partial charge in [-0.1, -0.05) is 17.7 Å². The first-order valence-corrected chi connectivity index (χ1v) is 7.24. The van der Waals surface area contributed by atoms with E-state index in [0.717, 1.165) is 30.3 Å². The summed E-state index contributed by atoms with van der Waals surface area (Å²) in [4.78, 5) is 2.38. The van der Waals surface area contributed by atoms with Crippen LogP contribution in [0.1, 0.15) is 18.4 Å². The molecular formula is C14H19Cl2NO. The van der Waals surface area contributed by atoms with Crippen LogP contribution in [-0.4, -0.2) is 26.8 Å². The van der Waals surface area contributed by atoms with Crippen LogP contribution in [0.3, 0.4) is 0 Å².